The Bertz CT molecular complexity index is 450. The Balaban J connectivity index is 0.00000200. The van der Waals surface area contributed by atoms with Gasteiger partial charge < -0.3 is 32.1 Å². The molecule has 1 amide bonds. The molecule has 0 atom stereocenters. The van der Waals surface area contributed by atoms with Crippen LogP contribution in [0.25, 0.3) is 0 Å². The Morgan fingerprint density at radius 1 is 1.30 bits per heavy atom. The van der Waals surface area contributed by atoms with Crippen molar-refractivity contribution in [2.24, 2.45) is 0 Å². The van der Waals surface area contributed by atoms with Crippen LogP contribution in [0.3, 0.4) is 0 Å². The van der Waals surface area contributed by atoms with E-state index < -0.39 is 0 Å². The second-order valence-electron chi connectivity index (χ2n) is 4.54. The van der Waals surface area contributed by atoms with Crippen molar-refractivity contribution < 1.29 is 31.6 Å². The molecule has 1 aromatic carbocycles. The zero-order chi connectivity index (χ0) is 13.7. The lowest BCUT2D eigenvalue weighted by Gasteiger charge is -2.15. The van der Waals surface area contributed by atoms with Gasteiger partial charge in [-0.2, -0.15) is 0 Å². The summed E-state index contributed by atoms with van der Waals surface area (Å²) in [5, 5.41) is 2.89. The van der Waals surface area contributed by atoms with Crippen LogP contribution in [0.15, 0.2) is 18.2 Å². The van der Waals surface area contributed by atoms with Gasteiger partial charge in [0, 0.05) is 0 Å². The first-order valence-electron chi connectivity index (χ1n) is 6.76. The van der Waals surface area contributed by atoms with Gasteiger partial charge in [0.25, 0.3) is 0 Å². The molecule has 2 rings (SSSR count). The molecule has 1 aliphatic rings. The van der Waals surface area contributed by atoms with Crippen molar-refractivity contribution >= 4 is 11.6 Å². The van der Waals surface area contributed by atoms with Gasteiger partial charge in [-0.15, -0.1) is 0 Å². The summed E-state index contributed by atoms with van der Waals surface area (Å²) in [6.45, 7) is 7.41. The van der Waals surface area contributed by atoms with Gasteiger partial charge in [0.15, 0.2) is 11.5 Å². The number of halogens is 1. The van der Waals surface area contributed by atoms with Gasteiger partial charge in [0.05, 0.1) is 31.7 Å². The number of carbonyl (C=O) groups is 1. The van der Waals surface area contributed by atoms with Crippen LogP contribution < -0.4 is 32.1 Å². The number of hydrogen-bond donors (Lipinski definition) is 2. The van der Waals surface area contributed by atoms with Crippen molar-refractivity contribution in [3.05, 3.63) is 18.2 Å². The van der Waals surface area contributed by atoms with Crippen molar-refractivity contribution in [1.82, 2.24) is 0 Å². The third-order valence-electron chi connectivity index (χ3n) is 3.38. The molecule has 1 aliphatic heterocycles. The van der Waals surface area contributed by atoms with Gasteiger partial charge >= 0.3 is 0 Å². The van der Waals surface area contributed by atoms with Crippen LogP contribution >= 0.6 is 0 Å². The second-order valence-corrected chi connectivity index (χ2v) is 4.54. The fourth-order valence-corrected chi connectivity index (χ4v) is 2.14. The van der Waals surface area contributed by atoms with Crippen LogP contribution in [0, 0.1) is 0 Å². The lowest BCUT2D eigenvalue weighted by Crippen LogP contribution is -3.11. The van der Waals surface area contributed by atoms with Gasteiger partial charge in [0.1, 0.15) is 0 Å². The molecular formula is C14H21ClN2O3. The van der Waals surface area contributed by atoms with Gasteiger partial charge in [0.2, 0.25) is 12.7 Å². The number of rotatable bonds is 6. The molecule has 0 spiro atoms. The smallest absolute Gasteiger partial charge is 0.231 e. The third kappa shape index (κ3) is 4.02. The maximum Gasteiger partial charge on any atom is 0.231 e. The average Bonchev–Trinajstić information content (AvgIpc) is 2.89. The molecule has 0 saturated heterocycles. The summed E-state index contributed by atoms with van der Waals surface area (Å²) in [5.41, 5.74) is 0.689. The highest BCUT2D eigenvalue weighted by Crippen LogP contribution is 2.38. The zero-order valence-electron chi connectivity index (χ0n) is 11.9. The number of benzene rings is 1. The van der Waals surface area contributed by atoms with E-state index in [1.54, 1.807) is 0 Å². The summed E-state index contributed by atoms with van der Waals surface area (Å²) in [7, 11) is 0. The monoisotopic (exact) mass is 300 g/mol. The van der Waals surface area contributed by atoms with Crippen molar-refractivity contribution in [2.45, 2.75) is 20.3 Å². The minimum absolute atomic E-state index is 0. The minimum Gasteiger partial charge on any atom is -1.00 e. The molecule has 0 saturated carbocycles. The number of fused-ring (bicyclic) bond motifs is 1. The number of anilines is 1. The Morgan fingerprint density at radius 3 is 2.75 bits per heavy atom. The van der Waals surface area contributed by atoms with E-state index in [9.17, 15) is 4.79 Å². The predicted molar refractivity (Wildman–Crippen MR) is 72.7 cm³/mol. The fraction of sp³-hybridized carbons (Fsp3) is 0.500. The van der Waals surface area contributed by atoms with Crippen LogP contribution in [0.5, 0.6) is 11.5 Å². The van der Waals surface area contributed by atoms with E-state index in [0.717, 1.165) is 19.6 Å². The number of para-hydroxylation sites is 1. The summed E-state index contributed by atoms with van der Waals surface area (Å²) in [4.78, 5) is 13.4. The minimum atomic E-state index is 0. The Morgan fingerprint density at radius 2 is 2.05 bits per heavy atom. The lowest BCUT2D eigenvalue weighted by molar-refractivity contribution is -0.895. The maximum absolute atomic E-state index is 11.9. The highest BCUT2D eigenvalue weighted by Gasteiger charge is 2.18. The van der Waals surface area contributed by atoms with Crippen molar-refractivity contribution in [3.63, 3.8) is 0 Å². The summed E-state index contributed by atoms with van der Waals surface area (Å²) < 4.78 is 10.6. The Hall–Kier alpha value is -1.46. The van der Waals surface area contributed by atoms with E-state index in [0.29, 0.717) is 23.6 Å². The molecule has 6 heteroatoms. The van der Waals surface area contributed by atoms with E-state index in [4.69, 9.17) is 9.47 Å². The van der Waals surface area contributed by atoms with E-state index in [1.807, 2.05) is 18.2 Å². The third-order valence-corrected chi connectivity index (χ3v) is 3.38. The highest BCUT2D eigenvalue weighted by atomic mass is 35.5. The normalized spacial score (nSPS) is 12.2. The topological polar surface area (TPSA) is 52.0 Å². The number of amides is 1. The van der Waals surface area contributed by atoms with Crippen LogP contribution in [0.4, 0.5) is 5.69 Å². The summed E-state index contributed by atoms with van der Waals surface area (Å²) in [6.07, 6.45) is 0.515. The lowest BCUT2D eigenvalue weighted by atomic mass is 10.2. The van der Waals surface area contributed by atoms with Crippen molar-refractivity contribution in [1.29, 1.82) is 0 Å². The standard InChI is InChI=1S/C14H20N2O3.ClH/c1-3-16(4-2)9-8-13(17)15-11-6-5-7-12-14(11)19-10-18-12;/h5-7H,3-4,8-10H2,1-2H3,(H,15,17);1H. The number of hydrogen-bond acceptors (Lipinski definition) is 3. The van der Waals surface area contributed by atoms with Crippen LogP contribution in [-0.2, 0) is 4.79 Å². The molecule has 0 fully saturated rings. The van der Waals surface area contributed by atoms with E-state index in [-0.39, 0.29) is 25.1 Å². The van der Waals surface area contributed by atoms with Gasteiger partial charge in [-0.25, -0.2) is 0 Å². The molecule has 2 N–H and O–H groups in total. The second kappa shape index (κ2) is 7.97. The molecule has 0 radical (unpaired) electrons. The fourth-order valence-electron chi connectivity index (χ4n) is 2.14. The molecule has 112 valence electrons. The number of nitrogens with one attached hydrogen (secondary N) is 2. The molecule has 0 bridgehead atoms. The molecule has 0 unspecified atom stereocenters. The maximum atomic E-state index is 11.9. The molecule has 5 nitrogen and oxygen atoms in total. The van der Waals surface area contributed by atoms with Gasteiger partial charge in [-0.1, -0.05) is 6.07 Å². The van der Waals surface area contributed by atoms with Crippen molar-refractivity contribution in [2.75, 3.05) is 31.7 Å². The molecule has 1 heterocycles. The van der Waals surface area contributed by atoms with E-state index in [1.165, 1.54) is 4.90 Å². The molecule has 20 heavy (non-hydrogen) atoms. The van der Waals surface area contributed by atoms with E-state index >= 15 is 0 Å². The van der Waals surface area contributed by atoms with Crippen LogP contribution in [0.2, 0.25) is 0 Å². The predicted octanol–water partition coefficient (Wildman–Crippen LogP) is -2.33. The summed E-state index contributed by atoms with van der Waals surface area (Å²) >= 11 is 0. The van der Waals surface area contributed by atoms with Crippen LogP contribution in [0.1, 0.15) is 20.3 Å². The first-order valence-corrected chi connectivity index (χ1v) is 6.76. The SMILES string of the molecule is CC[NH+](CC)CCC(=O)Nc1cccc2c1OCO2.[Cl-]. The van der Waals surface area contributed by atoms with Crippen molar-refractivity contribution in [3.8, 4) is 11.5 Å². The summed E-state index contributed by atoms with van der Waals surface area (Å²) in [5.74, 6) is 1.33. The molecular weight excluding hydrogens is 280 g/mol. The number of quaternary nitrogens is 1. The Kier molecular flexibility index (Phi) is 6.61. The average molecular weight is 301 g/mol. The quantitative estimate of drug-likeness (QED) is 0.620. The number of ether oxygens (including phenoxy) is 2. The molecule has 0 aliphatic carbocycles. The molecule has 1 aromatic rings. The summed E-state index contributed by atoms with van der Waals surface area (Å²) in [6, 6.07) is 5.51. The van der Waals surface area contributed by atoms with Crippen LogP contribution in [-0.4, -0.2) is 32.3 Å². The first kappa shape index (κ1) is 16.6. The van der Waals surface area contributed by atoms with Gasteiger partial charge in [-0.3, -0.25) is 4.79 Å². The largest absolute Gasteiger partial charge is 1.00 e. The first-order chi connectivity index (χ1) is 9.24. The molecule has 0 aromatic heterocycles. The highest BCUT2D eigenvalue weighted by molar-refractivity contribution is 5.93. The number of carbonyl (C=O) groups excluding carboxylic acids is 1. The zero-order valence-corrected chi connectivity index (χ0v) is 12.6. The Labute approximate surface area is 125 Å². The van der Waals surface area contributed by atoms with Gasteiger partial charge in [-0.05, 0) is 26.0 Å². The van der Waals surface area contributed by atoms with E-state index in [2.05, 4.69) is 19.2 Å².